The summed E-state index contributed by atoms with van der Waals surface area (Å²) in [7, 11) is 1.31. The van der Waals surface area contributed by atoms with Crippen LogP contribution in [-0.4, -0.2) is 24.4 Å². The van der Waals surface area contributed by atoms with E-state index < -0.39 is 6.09 Å². The first kappa shape index (κ1) is 11.4. The summed E-state index contributed by atoms with van der Waals surface area (Å²) < 4.78 is 4.42. The van der Waals surface area contributed by atoms with Crippen molar-refractivity contribution >= 4 is 23.4 Å². The first-order valence-corrected chi connectivity index (χ1v) is 6.00. The average Bonchev–Trinajstić information content (AvgIpc) is 2.87. The largest absolute Gasteiger partial charge is 0.452 e. The number of methoxy groups -OCH3 is 1. The fraction of sp³-hybridized carbons (Fsp3) is 0.800. The van der Waals surface area contributed by atoms with Gasteiger partial charge >= 0.3 is 6.09 Å². The van der Waals surface area contributed by atoms with Crippen molar-refractivity contribution in [3.63, 3.8) is 0 Å². The smallest absolute Gasteiger partial charge is 0.425 e. The number of carbonyl (C=O) groups is 1. The highest BCUT2D eigenvalue weighted by atomic mass is 32.1. The highest BCUT2D eigenvalue weighted by molar-refractivity contribution is 7.80. The highest BCUT2D eigenvalue weighted by Crippen LogP contribution is 2.44. The van der Waals surface area contributed by atoms with E-state index in [-0.39, 0.29) is 0 Å². The molecule has 0 aromatic rings. The molecule has 3 atom stereocenters. The van der Waals surface area contributed by atoms with E-state index in [1.807, 2.05) is 0 Å². The van der Waals surface area contributed by atoms with Crippen LogP contribution in [0.4, 0.5) is 4.79 Å². The first-order valence-electron chi connectivity index (χ1n) is 5.59. The van der Waals surface area contributed by atoms with Crippen molar-refractivity contribution in [1.82, 2.24) is 16.2 Å². The molecule has 2 aliphatic carbocycles. The summed E-state index contributed by atoms with van der Waals surface area (Å²) in [4.78, 5) is 10.8. The van der Waals surface area contributed by atoms with E-state index in [0.717, 1.165) is 11.8 Å². The number of hydrogen-bond donors (Lipinski definition) is 3. The highest BCUT2D eigenvalue weighted by Gasteiger charge is 2.39. The third-order valence-electron chi connectivity index (χ3n) is 3.52. The third kappa shape index (κ3) is 2.55. The van der Waals surface area contributed by atoms with Gasteiger partial charge in [-0.15, -0.1) is 0 Å². The monoisotopic (exact) mass is 243 g/mol. The Morgan fingerprint density at radius 2 is 2.12 bits per heavy atom. The third-order valence-corrected chi connectivity index (χ3v) is 3.74. The Labute approximate surface area is 100 Å². The molecule has 2 aliphatic rings. The molecule has 5 nitrogen and oxygen atoms in total. The molecule has 2 saturated carbocycles. The van der Waals surface area contributed by atoms with Gasteiger partial charge < -0.3 is 10.1 Å². The van der Waals surface area contributed by atoms with Crippen LogP contribution >= 0.6 is 12.2 Å². The van der Waals surface area contributed by atoms with Crippen molar-refractivity contribution in [3.8, 4) is 0 Å². The van der Waals surface area contributed by atoms with Gasteiger partial charge in [0.25, 0.3) is 0 Å². The summed E-state index contributed by atoms with van der Waals surface area (Å²) in [5.74, 6) is 1.63. The van der Waals surface area contributed by atoms with Crippen molar-refractivity contribution in [2.24, 2.45) is 11.8 Å². The standard InChI is InChI=1S/C10H17N3O2S/c1-15-10(14)13-12-9(16)11-8-5-6-2-3-7(8)4-6/h6-8H,2-5H2,1H3,(H,13,14)(H2,11,12,16)/t6-,7+,8-/m0/s1. The van der Waals surface area contributed by atoms with Crippen molar-refractivity contribution in [2.45, 2.75) is 31.7 Å². The van der Waals surface area contributed by atoms with Gasteiger partial charge in [0.15, 0.2) is 5.11 Å². The van der Waals surface area contributed by atoms with E-state index in [1.165, 1.54) is 32.8 Å². The number of fused-ring (bicyclic) bond motifs is 2. The van der Waals surface area contributed by atoms with Crippen LogP contribution in [-0.2, 0) is 4.74 Å². The SMILES string of the molecule is COC(=O)NNC(=S)N[C@H]1C[C@H]2CC[C@@H]1C2. The lowest BCUT2D eigenvalue weighted by atomic mass is 9.96. The zero-order chi connectivity index (χ0) is 11.5. The molecule has 3 N–H and O–H groups in total. The fourth-order valence-corrected chi connectivity index (χ4v) is 2.99. The molecule has 0 aromatic heterocycles. The van der Waals surface area contributed by atoms with Crippen molar-refractivity contribution < 1.29 is 9.53 Å². The van der Waals surface area contributed by atoms with Crippen molar-refractivity contribution in [3.05, 3.63) is 0 Å². The Morgan fingerprint density at radius 1 is 1.31 bits per heavy atom. The molecular weight excluding hydrogens is 226 g/mol. The van der Waals surface area contributed by atoms with Gasteiger partial charge in [-0.25, -0.2) is 10.2 Å². The Hall–Kier alpha value is -1.04. The van der Waals surface area contributed by atoms with Gasteiger partial charge in [0, 0.05) is 6.04 Å². The number of ether oxygens (including phenoxy) is 1. The van der Waals surface area contributed by atoms with Crippen molar-refractivity contribution in [2.75, 3.05) is 7.11 Å². The molecule has 16 heavy (non-hydrogen) atoms. The minimum atomic E-state index is -0.544. The molecule has 0 saturated heterocycles. The molecular formula is C10H17N3O2S. The Bertz CT molecular complexity index is 298. The molecule has 2 bridgehead atoms. The number of rotatable bonds is 1. The van der Waals surface area contributed by atoms with Crippen LogP contribution in [0.25, 0.3) is 0 Å². The number of thiocarbonyl (C=S) groups is 1. The number of nitrogens with one attached hydrogen (secondary N) is 3. The van der Waals surface area contributed by atoms with Crippen LogP contribution in [0.15, 0.2) is 0 Å². The summed E-state index contributed by atoms with van der Waals surface area (Å²) in [6.45, 7) is 0. The van der Waals surface area contributed by atoms with Gasteiger partial charge in [-0.3, -0.25) is 5.43 Å². The normalized spacial score (nSPS) is 30.9. The van der Waals surface area contributed by atoms with Crippen molar-refractivity contribution in [1.29, 1.82) is 0 Å². The second-order valence-corrected chi connectivity index (χ2v) is 4.90. The zero-order valence-corrected chi connectivity index (χ0v) is 10.1. The second-order valence-electron chi connectivity index (χ2n) is 4.50. The van der Waals surface area contributed by atoms with Crippen LogP contribution < -0.4 is 16.2 Å². The Balaban J connectivity index is 1.69. The summed E-state index contributed by atoms with van der Waals surface area (Å²) in [6.07, 6.45) is 4.64. The minimum absolute atomic E-state index is 0.461. The van der Waals surface area contributed by atoms with E-state index >= 15 is 0 Å². The maximum Gasteiger partial charge on any atom is 0.425 e. The molecule has 6 heteroatoms. The van der Waals surface area contributed by atoms with Gasteiger partial charge in [-0.1, -0.05) is 6.42 Å². The predicted octanol–water partition coefficient (Wildman–Crippen LogP) is 0.910. The van der Waals surface area contributed by atoms with Crippen LogP contribution in [0, 0.1) is 11.8 Å². The molecule has 90 valence electrons. The van der Waals surface area contributed by atoms with Crippen LogP contribution in [0.2, 0.25) is 0 Å². The Kier molecular flexibility index (Phi) is 3.48. The lowest BCUT2D eigenvalue weighted by Crippen LogP contribution is -2.50. The molecule has 1 amide bonds. The molecule has 0 radical (unpaired) electrons. The summed E-state index contributed by atoms with van der Waals surface area (Å²) >= 11 is 5.08. The van der Waals surface area contributed by atoms with E-state index in [4.69, 9.17) is 12.2 Å². The van der Waals surface area contributed by atoms with Crippen LogP contribution in [0.5, 0.6) is 0 Å². The summed E-state index contributed by atoms with van der Waals surface area (Å²) in [6, 6.07) is 0.471. The predicted molar refractivity (Wildman–Crippen MR) is 63.6 cm³/mol. The quantitative estimate of drug-likeness (QED) is 0.472. The number of amides is 1. The number of hydrazine groups is 1. The molecule has 0 aromatic carbocycles. The van der Waals surface area contributed by atoms with Gasteiger partial charge in [-0.05, 0) is 43.3 Å². The molecule has 2 rings (SSSR count). The average molecular weight is 243 g/mol. The maximum absolute atomic E-state index is 10.8. The minimum Gasteiger partial charge on any atom is -0.452 e. The van der Waals surface area contributed by atoms with E-state index in [9.17, 15) is 4.79 Å². The molecule has 0 aliphatic heterocycles. The van der Waals surface area contributed by atoms with Crippen LogP contribution in [0.1, 0.15) is 25.7 Å². The first-order chi connectivity index (χ1) is 7.69. The van der Waals surface area contributed by atoms with Gasteiger partial charge in [-0.2, -0.15) is 0 Å². The van der Waals surface area contributed by atoms with E-state index in [0.29, 0.717) is 11.2 Å². The molecule has 2 fully saturated rings. The zero-order valence-electron chi connectivity index (χ0n) is 9.29. The number of carbonyl (C=O) groups excluding carboxylic acids is 1. The van der Waals surface area contributed by atoms with E-state index in [1.54, 1.807) is 0 Å². The maximum atomic E-state index is 10.8. The van der Waals surface area contributed by atoms with Gasteiger partial charge in [0.05, 0.1) is 7.11 Å². The van der Waals surface area contributed by atoms with E-state index in [2.05, 4.69) is 20.9 Å². The van der Waals surface area contributed by atoms with Crippen LogP contribution in [0.3, 0.4) is 0 Å². The molecule has 0 unspecified atom stereocenters. The number of hydrogen-bond acceptors (Lipinski definition) is 3. The molecule has 0 spiro atoms. The molecule has 0 heterocycles. The fourth-order valence-electron chi connectivity index (χ4n) is 2.78. The van der Waals surface area contributed by atoms with Gasteiger partial charge in [0.1, 0.15) is 0 Å². The Morgan fingerprint density at radius 3 is 2.69 bits per heavy atom. The second kappa shape index (κ2) is 4.86. The topological polar surface area (TPSA) is 62.4 Å². The lowest BCUT2D eigenvalue weighted by Gasteiger charge is -2.24. The van der Waals surface area contributed by atoms with Gasteiger partial charge in [0.2, 0.25) is 0 Å². The summed E-state index contributed by atoms with van der Waals surface area (Å²) in [5.41, 5.74) is 4.95. The summed E-state index contributed by atoms with van der Waals surface area (Å²) in [5, 5.41) is 3.70. The lowest BCUT2D eigenvalue weighted by molar-refractivity contribution is 0.168.